The zero-order valence-corrected chi connectivity index (χ0v) is 10.6. The van der Waals surface area contributed by atoms with Crippen LogP contribution in [-0.2, 0) is 6.61 Å². The Bertz CT molecular complexity index is 709. The van der Waals surface area contributed by atoms with Crippen LogP contribution in [0.25, 0.3) is 11.0 Å². The van der Waals surface area contributed by atoms with Crippen LogP contribution in [0.3, 0.4) is 0 Å². The van der Waals surface area contributed by atoms with Crippen LogP contribution < -0.4 is 4.74 Å². The lowest BCUT2D eigenvalue weighted by Gasteiger charge is -2.03. The van der Waals surface area contributed by atoms with E-state index in [0.717, 1.165) is 0 Å². The maximum atomic E-state index is 13.5. The molecule has 0 aliphatic heterocycles. The van der Waals surface area contributed by atoms with Crippen molar-refractivity contribution < 1.29 is 9.13 Å². The number of ether oxygens (including phenoxy) is 1. The SMILES string of the molecule is Fc1cccc2[nH]c(COc3ccc(Cl)cc3)nc12. The zero-order valence-electron chi connectivity index (χ0n) is 9.86. The van der Waals surface area contributed by atoms with E-state index < -0.39 is 0 Å². The summed E-state index contributed by atoms with van der Waals surface area (Å²) in [6.07, 6.45) is 0. The Balaban J connectivity index is 1.78. The molecule has 0 bridgehead atoms. The van der Waals surface area contributed by atoms with Gasteiger partial charge in [0, 0.05) is 5.02 Å². The highest BCUT2D eigenvalue weighted by Crippen LogP contribution is 2.18. The van der Waals surface area contributed by atoms with Crippen molar-refractivity contribution >= 4 is 22.6 Å². The summed E-state index contributed by atoms with van der Waals surface area (Å²) in [4.78, 5) is 7.18. The molecule has 0 unspecified atom stereocenters. The van der Waals surface area contributed by atoms with E-state index in [1.54, 1.807) is 36.4 Å². The van der Waals surface area contributed by atoms with Crippen molar-refractivity contribution in [3.63, 3.8) is 0 Å². The monoisotopic (exact) mass is 276 g/mol. The molecule has 1 heterocycles. The van der Waals surface area contributed by atoms with Gasteiger partial charge in [0.15, 0.2) is 5.82 Å². The Kier molecular flexibility index (Phi) is 3.09. The minimum Gasteiger partial charge on any atom is -0.486 e. The highest BCUT2D eigenvalue weighted by Gasteiger charge is 2.07. The minimum absolute atomic E-state index is 0.246. The molecule has 0 saturated heterocycles. The number of nitrogens with one attached hydrogen (secondary N) is 1. The average Bonchev–Trinajstić information content (AvgIpc) is 2.83. The minimum atomic E-state index is -0.341. The van der Waals surface area contributed by atoms with Gasteiger partial charge >= 0.3 is 0 Å². The molecule has 0 aliphatic rings. The van der Waals surface area contributed by atoms with Crippen molar-refractivity contribution in [3.05, 3.63) is 59.1 Å². The summed E-state index contributed by atoms with van der Waals surface area (Å²) in [6.45, 7) is 0.246. The number of fused-ring (bicyclic) bond motifs is 1. The van der Waals surface area contributed by atoms with Crippen LogP contribution in [0.4, 0.5) is 4.39 Å². The van der Waals surface area contributed by atoms with E-state index in [9.17, 15) is 4.39 Å². The Morgan fingerprint density at radius 1 is 1.16 bits per heavy atom. The lowest BCUT2D eigenvalue weighted by atomic mass is 10.3. The first-order valence-electron chi connectivity index (χ1n) is 5.74. The maximum absolute atomic E-state index is 13.5. The van der Waals surface area contributed by atoms with Crippen LogP contribution in [0.5, 0.6) is 5.75 Å². The Morgan fingerprint density at radius 2 is 1.95 bits per heavy atom. The fourth-order valence-corrected chi connectivity index (χ4v) is 1.93. The first-order chi connectivity index (χ1) is 9.22. The second-order valence-electron chi connectivity index (χ2n) is 4.06. The van der Waals surface area contributed by atoms with Crippen molar-refractivity contribution in [2.75, 3.05) is 0 Å². The molecule has 0 atom stereocenters. The van der Waals surface area contributed by atoms with Crippen molar-refractivity contribution in [3.8, 4) is 5.75 Å². The van der Waals surface area contributed by atoms with E-state index >= 15 is 0 Å². The number of hydrogen-bond acceptors (Lipinski definition) is 2. The van der Waals surface area contributed by atoms with Gasteiger partial charge in [0.05, 0.1) is 5.52 Å². The van der Waals surface area contributed by atoms with Crippen LogP contribution in [0.2, 0.25) is 5.02 Å². The fourth-order valence-electron chi connectivity index (χ4n) is 1.80. The number of para-hydroxylation sites is 1. The summed E-state index contributed by atoms with van der Waals surface area (Å²) in [5.41, 5.74) is 0.993. The Labute approximate surface area is 114 Å². The Morgan fingerprint density at radius 3 is 2.68 bits per heavy atom. The average molecular weight is 277 g/mol. The third-order valence-electron chi connectivity index (χ3n) is 2.70. The quantitative estimate of drug-likeness (QED) is 0.787. The number of benzene rings is 2. The molecule has 96 valence electrons. The molecule has 0 spiro atoms. The van der Waals surface area contributed by atoms with Crippen molar-refractivity contribution in [1.82, 2.24) is 9.97 Å². The number of H-pyrrole nitrogens is 1. The number of aromatic nitrogens is 2. The summed E-state index contributed by atoms with van der Waals surface area (Å²) in [5, 5.41) is 0.651. The second kappa shape index (κ2) is 4.90. The molecule has 5 heteroatoms. The maximum Gasteiger partial charge on any atom is 0.151 e. The summed E-state index contributed by atoms with van der Waals surface area (Å²) < 4.78 is 19.0. The Hall–Kier alpha value is -2.07. The van der Waals surface area contributed by atoms with Crippen molar-refractivity contribution in [2.24, 2.45) is 0 Å². The molecule has 3 nitrogen and oxygen atoms in total. The zero-order chi connectivity index (χ0) is 13.2. The number of imidazole rings is 1. The number of hydrogen-bond donors (Lipinski definition) is 1. The fraction of sp³-hybridized carbons (Fsp3) is 0.0714. The summed E-state index contributed by atoms with van der Waals surface area (Å²) in [7, 11) is 0. The number of aromatic amines is 1. The van der Waals surface area contributed by atoms with E-state index in [1.165, 1.54) is 6.07 Å². The number of rotatable bonds is 3. The van der Waals surface area contributed by atoms with Gasteiger partial charge in [0.25, 0.3) is 0 Å². The number of nitrogens with zero attached hydrogens (tertiary/aromatic N) is 1. The molecule has 0 amide bonds. The van der Waals surface area contributed by atoms with Gasteiger partial charge in [-0.15, -0.1) is 0 Å². The molecule has 1 aromatic heterocycles. The van der Waals surface area contributed by atoms with E-state index in [1.807, 2.05) is 0 Å². The normalized spacial score (nSPS) is 10.8. The van der Waals surface area contributed by atoms with Crippen molar-refractivity contribution in [2.45, 2.75) is 6.61 Å². The van der Waals surface area contributed by atoms with Crippen LogP contribution in [0.1, 0.15) is 5.82 Å². The highest BCUT2D eigenvalue weighted by atomic mass is 35.5. The van der Waals surface area contributed by atoms with Gasteiger partial charge in [0.2, 0.25) is 0 Å². The summed E-state index contributed by atoms with van der Waals surface area (Å²) in [5.74, 6) is 0.923. The lowest BCUT2D eigenvalue weighted by molar-refractivity contribution is 0.297. The molecule has 3 aromatic rings. The van der Waals surface area contributed by atoms with E-state index in [4.69, 9.17) is 16.3 Å². The molecular weight excluding hydrogens is 267 g/mol. The van der Waals surface area contributed by atoms with Crippen LogP contribution in [0, 0.1) is 5.82 Å². The highest BCUT2D eigenvalue weighted by molar-refractivity contribution is 6.30. The molecule has 3 rings (SSSR count). The molecule has 2 aromatic carbocycles. The summed E-state index contributed by atoms with van der Waals surface area (Å²) >= 11 is 5.78. The van der Waals surface area contributed by atoms with E-state index in [-0.39, 0.29) is 12.4 Å². The molecule has 0 radical (unpaired) electrons. The number of halogens is 2. The smallest absolute Gasteiger partial charge is 0.151 e. The lowest BCUT2D eigenvalue weighted by Crippen LogP contribution is -1.97. The van der Waals surface area contributed by atoms with Gasteiger partial charge in [-0.2, -0.15) is 0 Å². The van der Waals surface area contributed by atoms with E-state index in [2.05, 4.69) is 9.97 Å². The first kappa shape index (κ1) is 12.0. The van der Waals surface area contributed by atoms with Gasteiger partial charge in [-0.05, 0) is 36.4 Å². The molecule has 0 saturated carbocycles. The largest absolute Gasteiger partial charge is 0.486 e. The predicted molar refractivity (Wildman–Crippen MR) is 71.8 cm³/mol. The van der Waals surface area contributed by atoms with Gasteiger partial charge in [0.1, 0.15) is 23.7 Å². The second-order valence-corrected chi connectivity index (χ2v) is 4.50. The molecule has 0 aliphatic carbocycles. The third-order valence-corrected chi connectivity index (χ3v) is 2.95. The van der Waals surface area contributed by atoms with Crippen molar-refractivity contribution in [1.29, 1.82) is 0 Å². The van der Waals surface area contributed by atoms with Crippen LogP contribution in [0.15, 0.2) is 42.5 Å². The summed E-state index contributed by atoms with van der Waals surface area (Å²) in [6, 6.07) is 11.8. The molecular formula is C14H10ClFN2O. The molecule has 1 N–H and O–H groups in total. The third kappa shape index (κ3) is 2.53. The topological polar surface area (TPSA) is 37.9 Å². The van der Waals surface area contributed by atoms with Gasteiger partial charge in [-0.3, -0.25) is 0 Å². The molecule has 0 fully saturated rings. The van der Waals surface area contributed by atoms with Gasteiger partial charge < -0.3 is 9.72 Å². The van der Waals surface area contributed by atoms with E-state index in [0.29, 0.717) is 27.6 Å². The van der Waals surface area contributed by atoms with Crippen LogP contribution >= 0.6 is 11.6 Å². The first-order valence-corrected chi connectivity index (χ1v) is 6.11. The van der Waals surface area contributed by atoms with Gasteiger partial charge in [-0.1, -0.05) is 17.7 Å². The van der Waals surface area contributed by atoms with Crippen LogP contribution in [-0.4, -0.2) is 9.97 Å². The van der Waals surface area contributed by atoms with Gasteiger partial charge in [-0.25, -0.2) is 9.37 Å². The predicted octanol–water partition coefficient (Wildman–Crippen LogP) is 3.93. The molecule has 19 heavy (non-hydrogen) atoms. The standard InChI is InChI=1S/C14H10ClFN2O/c15-9-4-6-10(7-5-9)19-8-13-17-12-3-1-2-11(16)14(12)18-13/h1-7H,8H2,(H,17,18).